The number of phenols is 1. The SMILES string of the molecule is [2H]C(C)(C)c1ccc(-n2c(-c3cc(C)cc(C(C)(C)C)c3O)nc3c(-c4[c-]c(-c5cc(-c6ccc(-c7ccccc7)cc6)ccn5)cc(C(C)(C)C)c4)cccc32)c(-c2ccccc2)c1.[Pt]. The van der Waals surface area contributed by atoms with Gasteiger partial charge in [0.1, 0.15) is 11.6 Å². The fourth-order valence-corrected chi connectivity index (χ4v) is 8.68. The Morgan fingerprint density at radius 1 is 0.600 bits per heavy atom. The van der Waals surface area contributed by atoms with Gasteiger partial charge in [0.05, 0.1) is 22.3 Å². The summed E-state index contributed by atoms with van der Waals surface area (Å²) in [4.78, 5) is 10.5. The summed E-state index contributed by atoms with van der Waals surface area (Å²) in [6.45, 7) is 19.0. The number of hydrogen-bond donors (Lipinski definition) is 1. The van der Waals surface area contributed by atoms with Crippen molar-refractivity contribution in [1.29, 1.82) is 0 Å². The first kappa shape index (κ1) is 43.9. The van der Waals surface area contributed by atoms with Crippen LogP contribution in [0.3, 0.4) is 0 Å². The van der Waals surface area contributed by atoms with Crippen LogP contribution in [0.25, 0.3) is 83.9 Å². The average molecular weight is 1030 g/mol. The van der Waals surface area contributed by atoms with Crippen LogP contribution in [0.4, 0.5) is 0 Å². The molecule has 65 heavy (non-hydrogen) atoms. The van der Waals surface area contributed by atoms with Crippen molar-refractivity contribution in [2.75, 3.05) is 0 Å². The van der Waals surface area contributed by atoms with E-state index in [0.29, 0.717) is 11.4 Å². The molecule has 0 radical (unpaired) electrons. The summed E-state index contributed by atoms with van der Waals surface area (Å²) in [6, 6.07) is 58.8. The molecule has 1 N–H and O–H groups in total. The molecule has 0 aliphatic carbocycles. The standard InChI is InChI=1S/C60H56N3O.Pt/c1-38(2)44-27-28-54(50(36-44)43-19-14-11-15-20-43)63-55-22-16-21-49(56(55)62-58(63)51-31-39(3)32-52(57(51)64)60(7,8)9)46-33-47(35-48(34-46)59(4,5)6)53-37-45(29-30-61-53)42-25-23-41(24-26-42)40-17-12-10-13-18-40;/h10-32,34-38,64H,1-9H3;/q-1;/i38D;. The van der Waals surface area contributed by atoms with Crippen LogP contribution in [0, 0.1) is 13.0 Å². The number of aromatic hydroxyl groups is 1. The van der Waals surface area contributed by atoms with Gasteiger partial charge >= 0.3 is 0 Å². The Morgan fingerprint density at radius 2 is 1.23 bits per heavy atom. The zero-order chi connectivity index (χ0) is 45.8. The van der Waals surface area contributed by atoms with Crippen LogP contribution in [0.5, 0.6) is 5.75 Å². The van der Waals surface area contributed by atoms with Gasteiger partial charge in [0.15, 0.2) is 0 Å². The smallest absolute Gasteiger partial charge is 0.148 e. The van der Waals surface area contributed by atoms with E-state index in [4.69, 9.17) is 11.3 Å². The molecule has 0 aliphatic heterocycles. The van der Waals surface area contributed by atoms with Crippen molar-refractivity contribution in [3.63, 3.8) is 0 Å². The van der Waals surface area contributed by atoms with Crippen LogP contribution in [-0.2, 0) is 31.9 Å². The van der Waals surface area contributed by atoms with Crippen molar-refractivity contribution in [1.82, 2.24) is 14.5 Å². The summed E-state index contributed by atoms with van der Waals surface area (Å²) in [7, 11) is 0. The Balaban J connectivity index is 0.00000592. The Morgan fingerprint density at radius 3 is 1.88 bits per heavy atom. The minimum absolute atomic E-state index is 0. The third kappa shape index (κ3) is 9.02. The van der Waals surface area contributed by atoms with E-state index in [1.165, 1.54) is 11.1 Å². The van der Waals surface area contributed by atoms with Crippen LogP contribution in [-0.4, -0.2) is 19.6 Å². The zero-order valence-corrected chi connectivity index (χ0v) is 41.0. The molecule has 9 rings (SSSR count). The number of phenolic OH excluding ortho intramolecular Hbond substituents is 1. The second-order valence-corrected chi connectivity index (χ2v) is 19.3. The molecule has 0 aliphatic rings. The third-order valence-electron chi connectivity index (χ3n) is 12.3. The Bertz CT molecular complexity index is 3210. The molecule has 0 amide bonds. The van der Waals surface area contributed by atoms with Gasteiger partial charge in [0, 0.05) is 45.5 Å². The molecule has 0 bridgehead atoms. The zero-order valence-electron chi connectivity index (χ0n) is 39.7. The summed E-state index contributed by atoms with van der Waals surface area (Å²) in [5.74, 6) is 0.0306. The molecule has 0 unspecified atom stereocenters. The Hall–Kier alpha value is -6.35. The minimum atomic E-state index is -0.821. The summed E-state index contributed by atoms with van der Waals surface area (Å²) >= 11 is 0. The Labute approximate surface area is 400 Å². The second-order valence-electron chi connectivity index (χ2n) is 19.3. The van der Waals surface area contributed by atoms with E-state index in [2.05, 4.69) is 186 Å². The summed E-state index contributed by atoms with van der Waals surface area (Å²) in [5.41, 5.74) is 16.8. The van der Waals surface area contributed by atoms with E-state index in [1.807, 2.05) is 50.4 Å². The molecule has 0 atom stereocenters. The van der Waals surface area contributed by atoms with E-state index in [1.54, 1.807) is 0 Å². The second kappa shape index (κ2) is 17.9. The largest absolute Gasteiger partial charge is 0.507 e. The number of aryl methyl sites for hydroxylation is 1. The predicted molar refractivity (Wildman–Crippen MR) is 268 cm³/mol. The number of fused-ring (bicyclic) bond motifs is 1. The number of hydrogen-bond acceptors (Lipinski definition) is 3. The van der Waals surface area contributed by atoms with Crippen LogP contribution in [0.2, 0.25) is 0 Å². The molecule has 7 aromatic carbocycles. The molecule has 2 aromatic heterocycles. The van der Waals surface area contributed by atoms with Crippen molar-refractivity contribution >= 4 is 11.0 Å². The van der Waals surface area contributed by atoms with Gasteiger partial charge < -0.3 is 5.11 Å². The molecule has 4 nitrogen and oxygen atoms in total. The molecule has 0 spiro atoms. The number of nitrogens with zero attached hydrogens (tertiary/aromatic N) is 3. The quantitative estimate of drug-likeness (QED) is 0.154. The van der Waals surface area contributed by atoms with Crippen molar-refractivity contribution in [2.45, 2.75) is 79.0 Å². The average Bonchev–Trinajstić information content (AvgIpc) is 3.68. The summed E-state index contributed by atoms with van der Waals surface area (Å²) in [6.07, 6.45) is 1.89. The fraction of sp³-hybridized carbons (Fsp3) is 0.200. The number of rotatable bonds is 8. The van der Waals surface area contributed by atoms with Gasteiger partial charge in [-0.2, -0.15) is 0 Å². The topological polar surface area (TPSA) is 50.9 Å². The van der Waals surface area contributed by atoms with Gasteiger partial charge in [-0.05, 0) is 92.9 Å². The molecule has 2 heterocycles. The maximum absolute atomic E-state index is 12.3. The van der Waals surface area contributed by atoms with Crippen LogP contribution in [0.1, 0.15) is 84.9 Å². The fourth-order valence-electron chi connectivity index (χ4n) is 8.68. The monoisotopic (exact) mass is 1030 g/mol. The molecular weight excluding hydrogens is 974 g/mol. The van der Waals surface area contributed by atoms with Crippen LogP contribution in [0.15, 0.2) is 164 Å². The molecule has 0 saturated carbocycles. The van der Waals surface area contributed by atoms with Gasteiger partial charge in [-0.25, -0.2) is 4.98 Å². The number of aromatic nitrogens is 3. The predicted octanol–water partition coefficient (Wildman–Crippen LogP) is 16.0. The van der Waals surface area contributed by atoms with E-state index in [9.17, 15) is 5.11 Å². The van der Waals surface area contributed by atoms with Gasteiger partial charge in [-0.15, -0.1) is 29.3 Å². The maximum atomic E-state index is 12.3. The van der Waals surface area contributed by atoms with E-state index >= 15 is 0 Å². The molecule has 5 heteroatoms. The van der Waals surface area contributed by atoms with E-state index < -0.39 is 5.89 Å². The van der Waals surface area contributed by atoms with Crippen molar-refractivity contribution in [3.05, 3.63) is 192 Å². The molecule has 0 fully saturated rings. The number of imidazole rings is 1. The number of pyridine rings is 1. The van der Waals surface area contributed by atoms with E-state index in [0.717, 1.165) is 83.6 Å². The van der Waals surface area contributed by atoms with Gasteiger partial charge in [0.2, 0.25) is 0 Å². The van der Waals surface area contributed by atoms with Crippen LogP contribution >= 0.6 is 0 Å². The molecule has 328 valence electrons. The van der Waals surface area contributed by atoms with Crippen molar-refractivity contribution in [3.8, 4) is 78.6 Å². The first-order valence-corrected chi connectivity index (χ1v) is 22.2. The van der Waals surface area contributed by atoms with Crippen LogP contribution < -0.4 is 0 Å². The molecule has 0 saturated heterocycles. The molecular formula is C60H56N3OPt-. The summed E-state index contributed by atoms with van der Waals surface area (Å²) in [5, 5.41) is 12.3. The van der Waals surface area contributed by atoms with Gasteiger partial charge in [0.25, 0.3) is 0 Å². The normalized spacial score (nSPS) is 12.2. The Kier molecular flexibility index (Phi) is 12.1. The maximum Gasteiger partial charge on any atom is 0.148 e. The first-order valence-electron chi connectivity index (χ1n) is 22.7. The minimum Gasteiger partial charge on any atom is -0.507 e. The third-order valence-corrected chi connectivity index (χ3v) is 12.3. The molecule has 9 aromatic rings. The van der Waals surface area contributed by atoms with Gasteiger partial charge in [-0.1, -0.05) is 182 Å². The first-order chi connectivity index (χ1) is 30.9. The van der Waals surface area contributed by atoms with Crippen molar-refractivity contribution < 1.29 is 27.5 Å². The number of para-hydroxylation sites is 1. The number of benzene rings is 7. The van der Waals surface area contributed by atoms with E-state index in [-0.39, 0.29) is 37.6 Å². The van der Waals surface area contributed by atoms with Crippen molar-refractivity contribution in [2.24, 2.45) is 0 Å². The summed E-state index contributed by atoms with van der Waals surface area (Å²) < 4.78 is 11.2. The van der Waals surface area contributed by atoms with Gasteiger partial charge in [-0.3, -0.25) is 9.55 Å².